The van der Waals surface area contributed by atoms with Gasteiger partial charge >= 0.3 is 0 Å². The van der Waals surface area contributed by atoms with Crippen LogP contribution in [0.4, 0.5) is 15.2 Å². The maximum atomic E-state index is 13.4. The lowest BCUT2D eigenvalue weighted by Crippen LogP contribution is -2.40. The number of carbonyl (C=O) groups is 1. The Kier molecular flexibility index (Phi) is 4.78. The Balaban J connectivity index is 1.48. The Morgan fingerprint density at radius 1 is 1.31 bits per heavy atom. The van der Waals surface area contributed by atoms with E-state index >= 15 is 0 Å². The fourth-order valence-electron chi connectivity index (χ4n) is 3.20. The number of amides is 1. The summed E-state index contributed by atoms with van der Waals surface area (Å²) >= 11 is 7.44. The molecule has 1 saturated heterocycles. The third-order valence-corrected chi connectivity index (χ3v) is 5.81. The SMILES string of the molecule is O=C(Nc1cccc(Cl)c1)C1CCCN(c2nc3ccc(F)cc3s2)C1. The molecule has 26 heavy (non-hydrogen) atoms. The highest BCUT2D eigenvalue weighted by Gasteiger charge is 2.27. The summed E-state index contributed by atoms with van der Waals surface area (Å²) in [6, 6.07) is 11.8. The van der Waals surface area contributed by atoms with E-state index in [0.29, 0.717) is 17.3 Å². The smallest absolute Gasteiger partial charge is 0.229 e. The molecule has 4 nitrogen and oxygen atoms in total. The molecule has 0 radical (unpaired) electrons. The second-order valence-electron chi connectivity index (χ2n) is 6.39. The maximum absolute atomic E-state index is 13.4. The summed E-state index contributed by atoms with van der Waals surface area (Å²) in [5, 5.41) is 4.37. The summed E-state index contributed by atoms with van der Waals surface area (Å²) in [5.74, 6) is -0.388. The zero-order chi connectivity index (χ0) is 18.1. The molecule has 1 amide bonds. The lowest BCUT2D eigenvalue weighted by atomic mass is 9.97. The van der Waals surface area contributed by atoms with Crippen molar-refractivity contribution < 1.29 is 9.18 Å². The highest BCUT2D eigenvalue weighted by molar-refractivity contribution is 7.22. The molecule has 4 rings (SSSR count). The second kappa shape index (κ2) is 7.21. The van der Waals surface area contributed by atoms with E-state index in [9.17, 15) is 9.18 Å². The van der Waals surface area contributed by atoms with Crippen LogP contribution in [-0.2, 0) is 4.79 Å². The number of fused-ring (bicyclic) bond motifs is 1. The third kappa shape index (κ3) is 3.66. The van der Waals surface area contributed by atoms with Crippen LogP contribution >= 0.6 is 22.9 Å². The molecule has 1 atom stereocenters. The average Bonchev–Trinajstić information content (AvgIpc) is 3.05. The molecular formula is C19H17ClFN3OS. The lowest BCUT2D eigenvalue weighted by molar-refractivity contribution is -0.120. The largest absolute Gasteiger partial charge is 0.347 e. The topological polar surface area (TPSA) is 45.2 Å². The van der Waals surface area contributed by atoms with E-state index in [-0.39, 0.29) is 17.6 Å². The van der Waals surface area contributed by atoms with Gasteiger partial charge in [-0.3, -0.25) is 4.79 Å². The van der Waals surface area contributed by atoms with Crippen molar-refractivity contribution in [1.29, 1.82) is 0 Å². The fourth-order valence-corrected chi connectivity index (χ4v) is 4.41. The molecule has 0 saturated carbocycles. The van der Waals surface area contributed by atoms with E-state index in [0.717, 1.165) is 34.7 Å². The Hall–Kier alpha value is -2.18. The summed E-state index contributed by atoms with van der Waals surface area (Å²) in [6.07, 6.45) is 1.75. The molecule has 1 aliphatic heterocycles. The predicted molar refractivity (Wildman–Crippen MR) is 105 cm³/mol. The molecule has 0 aliphatic carbocycles. The Labute approximate surface area is 159 Å². The zero-order valence-electron chi connectivity index (χ0n) is 13.9. The van der Waals surface area contributed by atoms with Crippen LogP contribution in [0.3, 0.4) is 0 Å². The fraction of sp³-hybridized carbons (Fsp3) is 0.263. The zero-order valence-corrected chi connectivity index (χ0v) is 15.5. The first kappa shape index (κ1) is 17.2. The minimum absolute atomic E-state index is 0.0101. The molecule has 1 fully saturated rings. The number of carbonyl (C=O) groups excluding carboxylic acids is 1. The van der Waals surface area contributed by atoms with Gasteiger partial charge in [-0.15, -0.1) is 0 Å². The van der Waals surface area contributed by atoms with E-state index in [1.165, 1.54) is 23.5 Å². The number of thiazole rings is 1. The predicted octanol–water partition coefficient (Wildman–Crippen LogP) is 4.94. The Bertz CT molecular complexity index is 961. The summed E-state index contributed by atoms with van der Waals surface area (Å²) in [7, 11) is 0. The number of anilines is 2. The quantitative estimate of drug-likeness (QED) is 0.689. The highest BCUT2D eigenvalue weighted by Crippen LogP contribution is 2.32. The molecular weight excluding hydrogens is 373 g/mol. The molecule has 7 heteroatoms. The van der Waals surface area contributed by atoms with Crippen molar-refractivity contribution in [2.24, 2.45) is 5.92 Å². The van der Waals surface area contributed by atoms with Crippen LogP contribution in [0.15, 0.2) is 42.5 Å². The van der Waals surface area contributed by atoms with Crippen LogP contribution in [0, 0.1) is 11.7 Å². The van der Waals surface area contributed by atoms with Crippen molar-refractivity contribution in [3.63, 3.8) is 0 Å². The van der Waals surface area contributed by atoms with Crippen LogP contribution < -0.4 is 10.2 Å². The van der Waals surface area contributed by atoms with Crippen LogP contribution in [0.2, 0.25) is 5.02 Å². The first-order valence-corrected chi connectivity index (χ1v) is 9.65. The molecule has 1 N–H and O–H groups in total. The highest BCUT2D eigenvalue weighted by atomic mass is 35.5. The minimum atomic E-state index is -0.259. The van der Waals surface area contributed by atoms with E-state index in [4.69, 9.17) is 11.6 Å². The number of hydrogen-bond acceptors (Lipinski definition) is 4. The monoisotopic (exact) mass is 389 g/mol. The van der Waals surface area contributed by atoms with Crippen LogP contribution in [0.5, 0.6) is 0 Å². The number of hydrogen-bond donors (Lipinski definition) is 1. The number of rotatable bonds is 3. The normalized spacial score (nSPS) is 17.5. The van der Waals surface area contributed by atoms with Gasteiger partial charge in [0.2, 0.25) is 5.91 Å². The van der Waals surface area contributed by atoms with Gasteiger partial charge in [0, 0.05) is 23.8 Å². The molecule has 0 bridgehead atoms. The van der Waals surface area contributed by atoms with Gasteiger partial charge in [-0.1, -0.05) is 29.0 Å². The van der Waals surface area contributed by atoms with Crippen molar-refractivity contribution in [3.05, 3.63) is 53.3 Å². The molecule has 2 heterocycles. The van der Waals surface area contributed by atoms with Gasteiger partial charge in [0.05, 0.1) is 16.1 Å². The van der Waals surface area contributed by atoms with E-state index in [2.05, 4.69) is 15.2 Å². The Morgan fingerprint density at radius 2 is 2.19 bits per heavy atom. The summed E-state index contributed by atoms with van der Waals surface area (Å²) in [4.78, 5) is 19.3. The van der Waals surface area contributed by atoms with Crippen LogP contribution in [0.1, 0.15) is 12.8 Å². The first-order valence-electron chi connectivity index (χ1n) is 8.46. The van der Waals surface area contributed by atoms with Crippen LogP contribution in [0.25, 0.3) is 10.2 Å². The van der Waals surface area contributed by atoms with Gasteiger partial charge in [0.1, 0.15) is 5.82 Å². The van der Waals surface area contributed by atoms with Gasteiger partial charge < -0.3 is 10.2 Å². The van der Waals surface area contributed by atoms with Gasteiger partial charge in [0.25, 0.3) is 0 Å². The maximum Gasteiger partial charge on any atom is 0.229 e. The van der Waals surface area contributed by atoms with Crippen LogP contribution in [-0.4, -0.2) is 24.0 Å². The van der Waals surface area contributed by atoms with E-state index in [1.807, 2.05) is 12.1 Å². The molecule has 134 valence electrons. The van der Waals surface area contributed by atoms with Gasteiger partial charge in [-0.05, 0) is 49.2 Å². The van der Waals surface area contributed by atoms with E-state index in [1.54, 1.807) is 18.2 Å². The number of piperidine rings is 1. The minimum Gasteiger partial charge on any atom is -0.347 e. The van der Waals surface area contributed by atoms with Gasteiger partial charge in [-0.25, -0.2) is 9.37 Å². The molecule has 1 aliphatic rings. The molecule has 1 aromatic heterocycles. The van der Waals surface area contributed by atoms with Gasteiger partial charge in [0.15, 0.2) is 5.13 Å². The lowest BCUT2D eigenvalue weighted by Gasteiger charge is -2.31. The number of nitrogens with one attached hydrogen (secondary N) is 1. The summed E-state index contributed by atoms with van der Waals surface area (Å²) in [6.45, 7) is 1.46. The summed E-state index contributed by atoms with van der Waals surface area (Å²) in [5.41, 5.74) is 1.49. The third-order valence-electron chi connectivity index (χ3n) is 4.49. The summed E-state index contributed by atoms with van der Waals surface area (Å²) < 4.78 is 14.2. The molecule has 0 spiro atoms. The van der Waals surface area contributed by atoms with Gasteiger partial charge in [-0.2, -0.15) is 0 Å². The van der Waals surface area contributed by atoms with E-state index < -0.39 is 0 Å². The first-order chi connectivity index (χ1) is 12.6. The van der Waals surface area contributed by atoms with Crippen molar-refractivity contribution in [2.75, 3.05) is 23.3 Å². The standard InChI is InChI=1S/C19H17ClFN3OS/c20-13-4-1-5-15(9-13)22-18(25)12-3-2-8-24(11-12)19-23-16-7-6-14(21)10-17(16)26-19/h1,4-7,9-10,12H,2-3,8,11H2,(H,22,25). The Morgan fingerprint density at radius 3 is 3.04 bits per heavy atom. The number of aromatic nitrogens is 1. The molecule has 3 aromatic rings. The second-order valence-corrected chi connectivity index (χ2v) is 7.84. The number of benzene rings is 2. The van der Waals surface area contributed by atoms with Crippen molar-refractivity contribution in [2.45, 2.75) is 12.8 Å². The average molecular weight is 390 g/mol. The van der Waals surface area contributed by atoms with Crippen molar-refractivity contribution >= 4 is 49.9 Å². The number of nitrogens with zero attached hydrogens (tertiary/aromatic N) is 2. The number of halogens is 2. The van der Waals surface area contributed by atoms with Crippen molar-refractivity contribution in [1.82, 2.24) is 4.98 Å². The molecule has 1 unspecified atom stereocenters. The molecule has 2 aromatic carbocycles. The van der Waals surface area contributed by atoms with Crippen molar-refractivity contribution in [3.8, 4) is 0 Å².